The molecule has 0 bridgehead atoms. The van der Waals surface area contributed by atoms with Crippen LogP contribution >= 0.6 is 23.4 Å². The number of methoxy groups -OCH3 is 1. The first kappa shape index (κ1) is 16.1. The van der Waals surface area contributed by atoms with E-state index in [0.717, 1.165) is 12.2 Å². The van der Waals surface area contributed by atoms with Crippen LogP contribution in [0.3, 0.4) is 0 Å². The zero-order chi connectivity index (χ0) is 14.3. The third kappa shape index (κ3) is 6.18. The minimum atomic E-state index is -0.0739. The second-order valence-electron chi connectivity index (χ2n) is 4.21. The highest BCUT2D eigenvalue weighted by Crippen LogP contribution is 2.27. The van der Waals surface area contributed by atoms with Gasteiger partial charge in [-0.2, -0.15) is 11.8 Å². The van der Waals surface area contributed by atoms with Crippen molar-refractivity contribution in [1.82, 2.24) is 0 Å². The molecule has 1 aromatic carbocycles. The first-order chi connectivity index (χ1) is 9.02. The lowest BCUT2D eigenvalue weighted by Crippen LogP contribution is -2.17. The molecule has 1 rings (SSSR count). The SMILES string of the molecule is COc1ccc(Cl)cc1NC(=O)CSCCC(C)N. The summed E-state index contributed by atoms with van der Waals surface area (Å²) in [4.78, 5) is 11.8. The third-order valence-electron chi connectivity index (χ3n) is 2.39. The van der Waals surface area contributed by atoms with E-state index in [1.807, 2.05) is 6.92 Å². The minimum absolute atomic E-state index is 0.0739. The van der Waals surface area contributed by atoms with Gasteiger partial charge >= 0.3 is 0 Å². The molecule has 6 heteroatoms. The summed E-state index contributed by atoms with van der Waals surface area (Å²) >= 11 is 7.45. The van der Waals surface area contributed by atoms with Crippen molar-refractivity contribution >= 4 is 35.0 Å². The Balaban J connectivity index is 2.45. The lowest BCUT2D eigenvalue weighted by Gasteiger charge is -2.10. The maximum atomic E-state index is 11.8. The fourth-order valence-electron chi connectivity index (χ4n) is 1.40. The number of hydrogen-bond acceptors (Lipinski definition) is 4. The van der Waals surface area contributed by atoms with Crippen LogP contribution in [0.25, 0.3) is 0 Å². The Morgan fingerprint density at radius 1 is 1.58 bits per heavy atom. The molecule has 0 aliphatic rings. The van der Waals surface area contributed by atoms with Gasteiger partial charge in [0.2, 0.25) is 5.91 Å². The second kappa shape index (κ2) is 8.30. The molecule has 0 heterocycles. The fraction of sp³-hybridized carbons (Fsp3) is 0.462. The molecule has 0 aliphatic carbocycles. The summed E-state index contributed by atoms with van der Waals surface area (Å²) in [5.41, 5.74) is 6.23. The largest absolute Gasteiger partial charge is 0.495 e. The molecular weight excluding hydrogens is 284 g/mol. The van der Waals surface area contributed by atoms with Gasteiger partial charge in [0, 0.05) is 11.1 Å². The molecule has 0 fully saturated rings. The molecule has 3 N–H and O–H groups in total. The van der Waals surface area contributed by atoms with Gasteiger partial charge in [-0.05, 0) is 37.3 Å². The van der Waals surface area contributed by atoms with Crippen LogP contribution in [0.15, 0.2) is 18.2 Å². The number of hydrogen-bond donors (Lipinski definition) is 2. The van der Waals surface area contributed by atoms with Crippen LogP contribution in [0.4, 0.5) is 5.69 Å². The molecule has 0 radical (unpaired) electrons. The third-order valence-corrected chi connectivity index (χ3v) is 3.61. The summed E-state index contributed by atoms with van der Waals surface area (Å²) in [6.45, 7) is 1.96. The Bertz CT molecular complexity index is 427. The van der Waals surface area contributed by atoms with E-state index in [4.69, 9.17) is 22.1 Å². The van der Waals surface area contributed by atoms with E-state index in [-0.39, 0.29) is 11.9 Å². The van der Waals surface area contributed by atoms with Crippen LogP contribution in [0.1, 0.15) is 13.3 Å². The highest BCUT2D eigenvalue weighted by molar-refractivity contribution is 7.99. The van der Waals surface area contributed by atoms with E-state index >= 15 is 0 Å². The molecule has 0 saturated heterocycles. The molecule has 1 atom stereocenters. The maximum Gasteiger partial charge on any atom is 0.234 e. The highest BCUT2D eigenvalue weighted by Gasteiger charge is 2.08. The Morgan fingerprint density at radius 2 is 2.32 bits per heavy atom. The summed E-state index contributed by atoms with van der Waals surface area (Å²) in [5, 5.41) is 3.35. The van der Waals surface area contributed by atoms with Gasteiger partial charge in [-0.15, -0.1) is 0 Å². The first-order valence-corrected chi connectivity index (χ1v) is 7.53. The molecule has 1 unspecified atom stereocenters. The summed E-state index contributed by atoms with van der Waals surface area (Å²) in [6, 6.07) is 5.28. The molecule has 0 aliphatic heterocycles. The smallest absolute Gasteiger partial charge is 0.234 e. The molecular formula is C13H19ClN2O2S. The van der Waals surface area contributed by atoms with Crippen LogP contribution < -0.4 is 15.8 Å². The number of ether oxygens (including phenoxy) is 1. The van der Waals surface area contributed by atoms with Crippen molar-refractivity contribution < 1.29 is 9.53 Å². The van der Waals surface area contributed by atoms with Gasteiger partial charge in [0.25, 0.3) is 0 Å². The van der Waals surface area contributed by atoms with E-state index in [2.05, 4.69) is 5.32 Å². The number of rotatable bonds is 7. The number of nitrogens with two attached hydrogens (primary N) is 1. The normalized spacial score (nSPS) is 12.0. The van der Waals surface area contributed by atoms with E-state index in [1.54, 1.807) is 37.1 Å². The lowest BCUT2D eigenvalue weighted by atomic mass is 10.3. The van der Waals surface area contributed by atoms with Crippen LogP contribution in [-0.2, 0) is 4.79 Å². The quantitative estimate of drug-likeness (QED) is 0.760. The Morgan fingerprint density at radius 3 is 2.95 bits per heavy atom. The van der Waals surface area contributed by atoms with Crippen molar-refractivity contribution in [2.75, 3.05) is 23.9 Å². The lowest BCUT2D eigenvalue weighted by molar-refractivity contribution is -0.113. The Kier molecular flexibility index (Phi) is 7.05. The summed E-state index contributed by atoms with van der Waals surface area (Å²) in [7, 11) is 1.55. The standard InChI is InChI=1S/C13H19ClN2O2S/c1-9(15)5-6-19-8-13(17)16-11-7-10(14)3-4-12(11)18-2/h3-4,7,9H,5-6,8,15H2,1-2H3,(H,16,17). The van der Waals surface area contributed by atoms with Crippen molar-refractivity contribution in [3.8, 4) is 5.75 Å². The molecule has 1 aromatic rings. The fourth-order valence-corrected chi connectivity index (χ4v) is 2.51. The van der Waals surface area contributed by atoms with E-state index in [9.17, 15) is 4.79 Å². The van der Waals surface area contributed by atoms with Crippen molar-refractivity contribution in [2.24, 2.45) is 5.73 Å². The highest BCUT2D eigenvalue weighted by atomic mass is 35.5. The van der Waals surface area contributed by atoms with Gasteiger partial charge < -0.3 is 15.8 Å². The summed E-state index contributed by atoms with van der Waals surface area (Å²) in [6.07, 6.45) is 0.901. The molecule has 19 heavy (non-hydrogen) atoms. The Labute approximate surface area is 123 Å². The van der Waals surface area contributed by atoms with Gasteiger partial charge in [0.05, 0.1) is 18.6 Å². The van der Waals surface area contributed by atoms with Crippen LogP contribution in [0, 0.1) is 0 Å². The summed E-state index contributed by atoms with van der Waals surface area (Å²) in [5.74, 6) is 1.79. The maximum absolute atomic E-state index is 11.8. The predicted octanol–water partition coefficient (Wildman–Crippen LogP) is 2.76. The van der Waals surface area contributed by atoms with Crippen LogP contribution in [0.5, 0.6) is 5.75 Å². The average Bonchev–Trinajstić information content (AvgIpc) is 2.35. The number of carbonyl (C=O) groups is 1. The molecule has 0 spiro atoms. The Hall–Kier alpha value is -0.910. The number of halogens is 1. The van der Waals surface area contributed by atoms with Crippen molar-refractivity contribution in [3.05, 3.63) is 23.2 Å². The number of amides is 1. The zero-order valence-corrected chi connectivity index (χ0v) is 12.7. The molecule has 1 amide bonds. The molecule has 106 valence electrons. The topological polar surface area (TPSA) is 64.3 Å². The van der Waals surface area contributed by atoms with Gasteiger partial charge in [-0.1, -0.05) is 11.6 Å². The monoisotopic (exact) mass is 302 g/mol. The van der Waals surface area contributed by atoms with Crippen molar-refractivity contribution in [2.45, 2.75) is 19.4 Å². The number of benzene rings is 1. The molecule has 0 saturated carbocycles. The number of anilines is 1. The van der Waals surface area contributed by atoms with Crippen molar-refractivity contribution in [1.29, 1.82) is 0 Å². The number of carbonyl (C=O) groups excluding carboxylic acids is 1. The zero-order valence-electron chi connectivity index (χ0n) is 11.1. The van der Waals surface area contributed by atoms with E-state index in [0.29, 0.717) is 22.2 Å². The van der Waals surface area contributed by atoms with Gasteiger partial charge in [-0.3, -0.25) is 4.79 Å². The molecule has 0 aromatic heterocycles. The van der Waals surface area contributed by atoms with Crippen LogP contribution in [-0.4, -0.2) is 30.6 Å². The number of nitrogens with one attached hydrogen (secondary N) is 1. The van der Waals surface area contributed by atoms with Crippen LogP contribution in [0.2, 0.25) is 5.02 Å². The minimum Gasteiger partial charge on any atom is -0.495 e. The average molecular weight is 303 g/mol. The van der Waals surface area contributed by atoms with Gasteiger partial charge in [-0.25, -0.2) is 0 Å². The molecule has 4 nitrogen and oxygen atoms in total. The van der Waals surface area contributed by atoms with Crippen molar-refractivity contribution in [3.63, 3.8) is 0 Å². The van der Waals surface area contributed by atoms with Gasteiger partial charge in [0.1, 0.15) is 5.75 Å². The van der Waals surface area contributed by atoms with E-state index in [1.165, 1.54) is 0 Å². The van der Waals surface area contributed by atoms with Gasteiger partial charge in [0.15, 0.2) is 0 Å². The second-order valence-corrected chi connectivity index (χ2v) is 5.75. The predicted molar refractivity (Wildman–Crippen MR) is 82.2 cm³/mol. The number of thioether (sulfide) groups is 1. The summed E-state index contributed by atoms with van der Waals surface area (Å²) < 4.78 is 5.16. The van der Waals surface area contributed by atoms with E-state index < -0.39 is 0 Å². The first-order valence-electron chi connectivity index (χ1n) is 5.99.